The van der Waals surface area contributed by atoms with Crippen molar-refractivity contribution in [3.8, 4) is 0 Å². The molecule has 0 saturated heterocycles. The Labute approximate surface area is 82.7 Å². The second-order valence-corrected chi connectivity index (χ2v) is 3.41. The topological polar surface area (TPSA) is 33.1 Å². The van der Waals surface area contributed by atoms with E-state index in [2.05, 4.69) is 20.9 Å². The molecule has 0 spiro atoms. The molecule has 0 radical (unpaired) electrons. The number of nitrogens with zero attached hydrogens (tertiary/aromatic N) is 1. The number of hydrogen-bond donors (Lipinski definition) is 1. The highest BCUT2D eigenvalue weighted by molar-refractivity contribution is 9.10. The zero-order valence-corrected chi connectivity index (χ0v) is 8.48. The van der Waals surface area contributed by atoms with E-state index in [9.17, 15) is 8.78 Å². The first-order chi connectivity index (χ1) is 6.06. The summed E-state index contributed by atoms with van der Waals surface area (Å²) in [7, 11) is 0. The Bertz CT molecular complexity index is 317. The quantitative estimate of drug-likeness (QED) is 0.877. The fraction of sp³-hybridized carbons (Fsp3) is 0.375. The number of alkyl halides is 2. The molecule has 0 saturated carbocycles. The van der Waals surface area contributed by atoms with Crippen molar-refractivity contribution in [2.75, 3.05) is 0 Å². The van der Waals surface area contributed by atoms with Gasteiger partial charge in [0.15, 0.2) is 0 Å². The van der Waals surface area contributed by atoms with Crippen LogP contribution in [0.2, 0.25) is 0 Å². The van der Waals surface area contributed by atoms with Crippen LogP contribution in [-0.2, 0) is 6.61 Å². The molecule has 0 aliphatic carbocycles. The maximum Gasteiger partial charge on any atom is 0.280 e. The van der Waals surface area contributed by atoms with E-state index >= 15 is 0 Å². The van der Waals surface area contributed by atoms with Crippen molar-refractivity contribution in [1.29, 1.82) is 0 Å². The van der Waals surface area contributed by atoms with Gasteiger partial charge in [0.1, 0.15) is 5.69 Å². The Morgan fingerprint density at radius 3 is 2.69 bits per heavy atom. The molecule has 1 rings (SSSR count). The van der Waals surface area contributed by atoms with E-state index in [4.69, 9.17) is 5.11 Å². The minimum absolute atomic E-state index is 0.160. The lowest BCUT2D eigenvalue weighted by molar-refractivity contribution is 0.141. The van der Waals surface area contributed by atoms with E-state index in [0.29, 0.717) is 10.2 Å². The summed E-state index contributed by atoms with van der Waals surface area (Å²) in [6, 6.07) is 1.46. The maximum absolute atomic E-state index is 12.3. The lowest BCUT2D eigenvalue weighted by Gasteiger charge is -2.07. The molecule has 0 aliphatic heterocycles. The molecule has 1 aromatic rings. The Morgan fingerprint density at radius 2 is 2.23 bits per heavy atom. The van der Waals surface area contributed by atoms with Gasteiger partial charge in [-0.05, 0) is 28.9 Å². The fourth-order valence-corrected chi connectivity index (χ4v) is 1.32. The van der Waals surface area contributed by atoms with Gasteiger partial charge in [0.25, 0.3) is 6.43 Å². The van der Waals surface area contributed by atoms with Crippen LogP contribution in [0.1, 0.15) is 23.4 Å². The number of aliphatic hydroxyl groups excluding tert-OH is 1. The van der Waals surface area contributed by atoms with Gasteiger partial charge in [0, 0.05) is 10.0 Å². The molecule has 0 aliphatic rings. The minimum Gasteiger partial charge on any atom is -0.392 e. The molecule has 72 valence electrons. The molecule has 0 aromatic carbocycles. The van der Waals surface area contributed by atoms with Crippen LogP contribution in [0.25, 0.3) is 0 Å². The van der Waals surface area contributed by atoms with Gasteiger partial charge in [-0.2, -0.15) is 0 Å². The number of halogens is 3. The second kappa shape index (κ2) is 4.11. The summed E-state index contributed by atoms with van der Waals surface area (Å²) in [6.45, 7) is 1.20. The highest BCUT2D eigenvalue weighted by atomic mass is 79.9. The number of pyridine rings is 1. The Balaban J connectivity index is 3.25. The van der Waals surface area contributed by atoms with E-state index in [1.165, 1.54) is 6.07 Å². The van der Waals surface area contributed by atoms with Gasteiger partial charge >= 0.3 is 0 Å². The van der Waals surface area contributed by atoms with Crippen LogP contribution in [0.15, 0.2) is 10.5 Å². The van der Waals surface area contributed by atoms with Crippen molar-refractivity contribution in [3.05, 3.63) is 27.5 Å². The van der Waals surface area contributed by atoms with Gasteiger partial charge < -0.3 is 5.11 Å². The highest BCUT2D eigenvalue weighted by Gasteiger charge is 2.15. The van der Waals surface area contributed by atoms with Crippen molar-refractivity contribution in [3.63, 3.8) is 0 Å². The predicted molar refractivity (Wildman–Crippen MR) is 47.6 cm³/mol. The summed E-state index contributed by atoms with van der Waals surface area (Å²) in [5.41, 5.74) is 0.308. The molecule has 0 atom stereocenters. The van der Waals surface area contributed by atoms with Gasteiger partial charge in [-0.1, -0.05) is 0 Å². The Morgan fingerprint density at radius 1 is 1.62 bits per heavy atom. The van der Waals surface area contributed by atoms with E-state index in [-0.39, 0.29) is 11.3 Å². The molecule has 0 unspecified atom stereocenters. The molecule has 1 aromatic heterocycles. The van der Waals surface area contributed by atoms with E-state index in [0.717, 1.165) is 0 Å². The van der Waals surface area contributed by atoms with Gasteiger partial charge in [-0.15, -0.1) is 0 Å². The first-order valence-electron chi connectivity index (χ1n) is 3.61. The number of rotatable bonds is 2. The molecular weight excluding hydrogens is 244 g/mol. The van der Waals surface area contributed by atoms with Crippen LogP contribution >= 0.6 is 15.9 Å². The van der Waals surface area contributed by atoms with Crippen LogP contribution in [0.5, 0.6) is 0 Å². The van der Waals surface area contributed by atoms with Gasteiger partial charge in [-0.3, -0.25) is 4.98 Å². The summed E-state index contributed by atoms with van der Waals surface area (Å²) >= 11 is 3.15. The third-order valence-electron chi connectivity index (χ3n) is 1.64. The number of hydrogen-bond acceptors (Lipinski definition) is 2. The Hall–Kier alpha value is -0.550. The molecule has 0 bridgehead atoms. The average Bonchev–Trinajstić information content (AvgIpc) is 2.08. The smallest absolute Gasteiger partial charge is 0.280 e. The zero-order valence-electron chi connectivity index (χ0n) is 6.89. The van der Waals surface area contributed by atoms with Crippen molar-refractivity contribution in [2.45, 2.75) is 20.0 Å². The molecule has 1 N–H and O–H groups in total. The van der Waals surface area contributed by atoms with Gasteiger partial charge in [-0.25, -0.2) is 8.78 Å². The highest BCUT2D eigenvalue weighted by Crippen LogP contribution is 2.25. The molecule has 2 nitrogen and oxygen atoms in total. The monoisotopic (exact) mass is 251 g/mol. The summed E-state index contributed by atoms with van der Waals surface area (Å²) in [4.78, 5) is 3.69. The minimum atomic E-state index is -2.64. The zero-order chi connectivity index (χ0) is 10.0. The third kappa shape index (κ3) is 2.22. The largest absolute Gasteiger partial charge is 0.392 e. The van der Waals surface area contributed by atoms with Crippen LogP contribution in [0, 0.1) is 6.92 Å². The van der Waals surface area contributed by atoms with E-state index < -0.39 is 13.0 Å². The van der Waals surface area contributed by atoms with E-state index in [1.807, 2.05) is 0 Å². The fourth-order valence-electron chi connectivity index (χ4n) is 0.953. The molecule has 1 heterocycles. The molecule has 13 heavy (non-hydrogen) atoms. The van der Waals surface area contributed by atoms with Crippen LogP contribution in [0.3, 0.4) is 0 Å². The average molecular weight is 252 g/mol. The maximum atomic E-state index is 12.3. The second-order valence-electron chi connectivity index (χ2n) is 2.56. The van der Waals surface area contributed by atoms with Crippen LogP contribution < -0.4 is 0 Å². The van der Waals surface area contributed by atoms with Crippen molar-refractivity contribution < 1.29 is 13.9 Å². The standard InChI is InChI=1S/C8H8BrF2NO/c1-4-6(9)2-5(3-13)7(12-4)8(10)11/h2,8,13H,3H2,1H3. The van der Waals surface area contributed by atoms with Gasteiger partial charge in [0.05, 0.1) is 12.3 Å². The summed E-state index contributed by atoms with van der Waals surface area (Å²) < 4.78 is 25.3. The summed E-state index contributed by atoms with van der Waals surface area (Å²) in [6.07, 6.45) is -2.64. The van der Waals surface area contributed by atoms with Crippen molar-refractivity contribution in [1.82, 2.24) is 4.98 Å². The lowest BCUT2D eigenvalue weighted by Crippen LogP contribution is -2.00. The van der Waals surface area contributed by atoms with Crippen LogP contribution in [0.4, 0.5) is 8.78 Å². The summed E-state index contributed by atoms with van der Waals surface area (Å²) in [5.74, 6) is 0. The van der Waals surface area contributed by atoms with E-state index in [1.54, 1.807) is 6.92 Å². The van der Waals surface area contributed by atoms with Crippen molar-refractivity contribution >= 4 is 15.9 Å². The van der Waals surface area contributed by atoms with Crippen molar-refractivity contribution in [2.24, 2.45) is 0 Å². The number of aryl methyl sites for hydroxylation is 1. The van der Waals surface area contributed by atoms with Crippen LogP contribution in [-0.4, -0.2) is 10.1 Å². The lowest BCUT2D eigenvalue weighted by atomic mass is 10.2. The third-order valence-corrected chi connectivity index (χ3v) is 2.44. The molecule has 0 fully saturated rings. The normalized spacial score (nSPS) is 10.9. The Kier molecular flexibility index (Phi) is 3.33. The molecular formula is C8H8BrF2NO. The summed E-state index contributed by atoms with van der Waals surface area (Å²) in [5, 5.41) is 8.79. The van der Waals surface area contributed by atoms with Gasteiger partial charge in [0.2, 0.25) is 0 Å². The number of aliphatic hydroxyl groups is 1. The molecule has 5 heteroatoms. The first-order valence-corrected chi connectivity index (χ1v) is 4.40. The SMILES string of the molecule is Cc1nc(C(F)F)c(CO)cc1Br. The predicted octanol–water partition coefficient (Wildman–Crippen LogP) is 2.58. The first kappa shape index (κ1) is 10.5. The molecule has 0 amide bonds. The number of aromatic nitrogens is 1.